The summed E-state index contributed by atoms with van der Waals surface area (Å²) < 4.78 is 0. The van der Waals surface area contributed by atoms with Gasteiger partial charge in [0.25, 0.3) is 5.69 Å². The lowest BCUT2D eigenvalue weighted by Gasteiger charge is -2.14. The third-order valence-electron chi connectivity index (χ3n) is 3.06. The fourth-order valence-corrected chi connectivity index (χ4v) is 2.42. The molecule has 122 valence electrons. The number of nitrogens with one attached hydrogen (secondary N) is 1. The maximum absolute atomic E-state index is 11.2. The molecule has 0 bridgehead atoms. The van der Waals surface area contributed by atoms with E-state index in [4.69, 9.17) is 11.6 Å². The Kier molecular flexibility index (Phi) is 6.79. The van der Waals surface area contributed by atoms with Crippen molar-refractivity contribution in [3.63, 3.8) is 0 Å². The second-order valence-corrected chi connectivity index (χ2v) is 5.26. The Morgan fingerprint density at radius 3 is 2.39 bits per heavy atom. The lowest BCUT2D eigenvalue weighted by atomic mass is 9.98. The number of nitro groups is 1. The SMILES string of the molecule is C=C(C)Nc1c(-c2ccc(Cl)cc2C)cccc1[N+](=O)[O-].CC. The third kappa shape index (κ3) is 4.57. The molecule has 2 rings (SSSR count). The number of hydrogen-bond donors (Lipinski definition) is 1. The zero-order chi connectivity index (χ0) is 17.6. The van der Waals surface area contributed by atoms with Crippen molar-refractivity contribution in [1.82, 2.24) is 0 Å². The van der Waals surface area contributed by atoms with Gasteiger partial charge in [0.05, 0.1) is 4.92 Å². The average Bonchev–Trinajstić information content (AvgIpc) is 2.49. The van der Waals surface area contributed by atoms with E-state index in [1.54, 1.807) is 19.1 Å². The monoisotopic (exact) mass is 332 g/mol. The smallest absolute Gasteiger partial charge is 0.293 e. The molecule has 0 aromatic heterocycles. The highest BCUT2D eigenvalue weighted by Crippen LogP contribution is 2.38. The van der Waals surface area contributed by atoms with Crippen LogP contribution in [0.1, 0.15) is 26.3 Å². The second kappa shape index (κ2) is 8.34. The van der Waals surface area contributed by atoms with Crippen molar-refractivity contribution >= 4 is 23.0 Å². The Morgan fingerprint density at radius 2 is 1.87 bits per heavy atom. The van der Waals surface area contributed by atoms with E-state index < -0.39 is 4.92 Å². The number of para-hydroxylation sites is 1. The summed E-state index contributed by atoms with van der Waals surface area (Å²) in [7, 11) is 0. The summed E-state index contributed by atoms with van der Waals surface area (Å²) in [4.78, 5) is 10.8. The van der Waals surface area contributed by atoms with Gasteiger partial charge in [-0.1, -0.05) is 50.2 Å². The van der Waals surface area contributed by atoms with E-state index in [-0.39, 0.29) is 5.69 Å². The van der Waals surface area contributed by atoms with Crippen LogP contribution < -0.4 is 5.32 Å². The average molecular weight is 333 g/mol. The maximum atomic E-state index is 11.2. The van der Waals surface area contributed by atoms with E-state index in [9.17, 15) is 10.1 Å². The van der Waals surface area contributed by atoms with Gasteiger partial charge >= 0.3 is 0 Å². The molecule has 5 heteroatoms. The second-order valence-electron chi connectivity index (χ2n) is 4.82. The zero-order valence-corrected chi connectivity index (χ0v) is 14.6. The number of halogens is 1. The lowest BCUT2D eigenvalue weighted by molar-refractivity contribution is -0.383. The Labute approximate surface area is 142 Å². The first-order valence-corrected chi connectivity index (χ1v) is 7.74. The van der Waals surface area contributed by atoms with Crippen molar-refractivity contribution in [2.24, 2.45) is 0 Å². The van der Waals surface area contributed by atoms with Crippen LogP contribution in [0.5, 0.6) is 0 Å². The summed E-state index contributed by atoms with van der Waals surface area (Å²) in [5.41, 5.74) is 3.70. The van der Waals surface area contributed by atoms with Crippen LogP contribution in [0.3, 0.4) is 0 Å². The fourth-order valence-electron chi connectivity index (χ4n) is 2.19. The first-order valence-electron chi connectivity index (χ1n) is 7.36. The van der Waals surface area contributed by atoms with E-state index in [2.05, 4.69) is 11.9 Å². The summed E-state index contributed by atoms with van der Waals surface area (Å²) in [6, 6.07) is 10.5. The van der Waals surface area contributed by atoms with Gasteiger partial charge in [-0.2, -0.15) is 0 Å². The third-order valence-corrected chi connectivity index (χ3v) is 3.29. The minimum Gasteiger partial charge on any atom is -0.354 e. The minimum atomic E-state index is -0.403. The molecule has 23 heavy (non-hydrogen) atoms. The normalized spacial score (nSPS) is 9.61. The number of anilines is 1. The van der Waals surface area contributed by atoms with Gasteiger partial charge in [-0.3, -0.25) is 10.1 Å². The van der Waals surface area contributed by atoms with Crippen molar-refractivity contribution in [3.05, 3.63) is 69.4 Å². The van der Waals surface area contributed by atoms with Crippen LogP contribution in [0.4, 0.5) is 11.4 Å². The molecule has 0 radical (unpaired) electrons. The summed E-state index contributed by atoms with van der Waals surface area (Å²) in [5.74, 6) is 0. The summed E-state index contributed by atoms with van der Waals surface area (Å²) in [5, 5.41) is 14.9. The highest BCUT2D eigenvalue weighted by Gasteiger charge is 2.19. The van der Waals surface area contributed by atoms with Crippen LogP contribution in [-0.2, 0) is 0 Å². The molecule has 0 aliphatic carbocycles. The predicted molar refractivity (Wildman–Crippen MR) is 98.1 cm³/mol. The van der Waals surface area contributed by atoms with Crippen molar-refractivity contribution in [2.75, 3.05) is 5.32 Å². The molecule has 0 unspecified atom stereocenters. The molecule has 0 aliphatic heterocycles. The largest absolute Gasteiger partial charge is 0.354 e. The highest BCUT2D eigenvalue weighted by molar-refractivity contribution is 6.30. The summed E-state index contributed by atoms with van der Waals surface area (Å²) in [6.45, 7) is 11.4. The van der Waals surface area contributed by atoms with Crippen LogP contribution in [0.25, 0.3) is 11.1 Å². The quantitative estimate of drug-likeness (QED) is 0.536. The first-order chi connectivity index (χ1) is 10.9. The number of rotatable bonds is 4. The molecular weight excluding hydrogens is 312 g/mol. The van der Waals surface area contributed by atoms with Crippen molar-refractivity contribution in [3.8, 4) is 11.1 Å². The van der Waals surface area contributed by atoms with E-state index >= 15 is 0 Å². The molecule has 0 fully saturated rings. The zero-order valence-electron chi connectivity index (χ0n) is 13.8. The number of aryl methyl sites for hydroxylation is 1. The van der Waals surface area contributed by atoms with Gasteiger partial charge in [0.1, 0.15) is 5.69 Å². The van der Waals surface area contributed by atoms with Gasteiger partial charge in [0.2, 0.25) is 0 Å². The molecule has 1 N–H and O–H groups in total. The van der Waals surface area contributed by atoms with Gasteiger partial charge in [-0.25, -0.2) is 0 Å². The number of nitrogens with zero attached hydrogens (tertiary/aromatic N) is 1. The highest BCUT2D eigenvalue weighted by atomic mass is 35.5. The summed E-state index contributed by atoms with van der Waals surface area (Å²) in [6.07, 6.45) is 0. The van der Waals surface area contributed by atoms with Gasteiger partial charge in [0.15, 0.2) is 0 Å². The Balaban J connectivity index is 0.00000127. The van der Waals surface area contributed by atoms with Gasteiger partial charge in [-0.15, -0.1) is 0 Å². The number of benzene rings is 2. The molecule has 0 saturated heterocycles. The van der Waals surface area contributed by atoms with E-state index in [0.29, 0.717) is 16.4 Å². The molecule has 2 aromatic rings. The van der Waals surface area contributed by atoms with E-state index in [1.165, 1.54) is 6.07 Å². The standard InChI is InChI=1S/C16H15ClN2O2.C2H6/c1-10(2)18-16-14(5-4-6-15(16)19(20)21)13-8-7-12(17)9-11(13)3;1-2/h4-9,18H,1H2,2-3H3;1-2H3. The van der Waals surface area contributed by atoms with Crippen LogP contribution >= 0.6 is 11.6 Å². The van der Waals surface area contributed by atoms with Crippen LogP contribution in [0.2, 0.25) is 5.02 Å². The minimum absolute atomic E-state index is 0.0184. The first kappa shape index (κ1) is 18.7. The van der Waals surface area contributed by atoms with Crippen LogP contribution in [0, 0.1) is 17.0 Å². The molecule has 0 spiro atoms. The molecule has 0 atom stereocenters. The number of nitro benzene ring substituents is 1. The lowest BCUT2D eigenvalue weighted by Crippen LogP contribution is -2.02. The maximum Gasteiger partial charge on any atom is 0.293 e. The van der Waals surface area contributed by atoms with Gasteiger partial charge in [0, 0.05) is 22.3 Å². The molecule has 0 saturated carbocycles. The Morgan fingerprint density at radius 1 is 1.22 bits per heavy atom. The van der Waals surface area contributed by atoms with Gasteiger partial charge in [-0.05, 0) is 37.1 Å². The molecule has 0 amide bonds. The molecule has 0 aliphatic rings. The molecule has 0 heterocycles. The number of hydrogen-bond acceptors (Lipinski definition) is 3. The van der Waals surface area contributed by atoms with Crippen molar-refractivity contribution < 1.29 is 4.92 Å². The van der Waals surface area contributed by atoms with Gasteiger partial charge < -0.3 is 5.32 Å². The number of allylic oxidation sites excluding steroid dienone is 1. The molecular formula is C18H21ClN2O2. The predicted octanol–water partition coefficient (Wildman–Crippen LogP) is 6.20. The molecule has 4 nitrogen and oxygen atoms in total. The van der Waals surface area contributed by atoms with E-state index in [1.807, 2.05) is 39.0 Å². The van der Waals surface area contributed by atoms with Crippen LogP contribution in [-0.4, -0.2) is 4.92 Å². The Bertz CT molecular complexity index is 727. The van der Waals surface area contributed by atoms with Crippen molar-refractivity contribution in [2.45, 2.75) is 27.7 Å². The molecule has 2 aromatic carbocycles. The van der Waals surface area contributed by atoms with Crippen LogP contribution in [0.15, 0.2) is 48.7 Å². The van der Waals surface area contributed by atoms with E-state index in [0.717, 1.165) is 16.7 Å². The Hall–Kier alpha value is -2.33. The fraction of sp³-hybridized carbons (Fsp3) is 0.222. The summed E-state index contributed by atoms with van der Waals surface area (Å²) >= 11 is 5.97. The van der Waals surface area contributed by atoms with Crippen molar-refractivity contribution in [1.29, 1.82) is 0 Å². The topological polar surface area (TPSA) is 55.2 Å².